The molecule has 110 valence electrons. The summed E-state index contributed by atoms with van der Waals surface area (Å²) >= 11 is 5.82. The lowest BCUT2D eigenvalue weighted by atomic mass is 10.1. The molecule has 1 aromatic carbocycles. The molecule has 0 amide bonds. The van der Waals surface area contributed by atoms with Crippen molar-refractivity contribution in [3.8, 4) is 6.07 Å². The summed E-state index contributed by atoms with van der Waals surface area (Å²) in [5.74, 6) is -0.160. The van der Waals surface area contributed by atoms with Gasteiger partial charge in [-0.25, -0.2) is 12.7 Å². The van der Waals surface area contributed by atoms with Crippen molar-refractivity contribution in [2.45, 2.75) is 32.4 Å². The highest BCUT2D eigenvalue weighted by molar-refractivity contribution is 7.88. The summed E-state index contributed by atoms with van der Waals surface area (Å²) in [6.07, 6.45) is 1.54. The maximum Gasteiger partial charge on any atom is 0.218 e. The fraction of sp³-hybridized carbons (Fsp3) is 0.500. The second-order valence-electron chi connectivity index (χ2n) is 4.57. The van der Waals surface area contributed by atoms with E-state index in [1.54, 1.807) is 12.1 Å². The Labute approximate surface area is 126 Å². The molecule has 0 saturated carbocycles. The Balaban J connectivity index is 3.04. The van der Waals surface area contributed by atoms with Crippen molar-refractivity contribution < 1.29 is 8.42 Å². The van der Waals surface area contributed by atoms with Gasteiger partial charge in [-0.1, -0.05) is 31.5 Å². The van der Waals surface area contributed by atoms with Crippen molar-refractivity contribution >= 4 is 21.6 Å². The van der Waals surface area contributed by atoms with Crippen LogP contribution in [-0.2, 0) is 15.8 Å². The van der Waals surface area contributed by atoms with Gasteiger partial charge >= 0.3 is 0 Å². The van der Waals surface area contributed by atoms with E-state index < -0.39 is 10.0 Å². The first-order valence-corrected chi connectivity index (χ1v) is 8.59. The van der Waals surface area contributed by atoms with E-state index in [1.165, 1.54) is 10.4 Å². The van der Waals surface area contributed by atoms with Crippen molar-refractivity contribution in [3.05, 3.63) is 34.3 Å². The van der Waals surface area contributed by atoms with E-state index in [0.29, 0.717) is 29.2 Å². The normalized spacial score (nSPS) is 11.6. The topological polar surface area (TPSA) is 61.2 Å². The monoisotopic (exact) mass is 314 g/mol. The molecule has 1 aromatic rings. The average Bonchev–Trinajstić information content (AvgIpc) is 2.40. The molecule has 0 radical (unpaired) electrons. The molecule has 0 aromatic heterocycles. The number of sulfonamides is 1. The second-order valence-corrected chi connectivity index (χ2v) is 6.97. The van der Waals surface area contributed by atoms with Gasteiger partial charge in [0.1, 0.15) is 0 Å². The predicted molar refractivity (Wildman–Crippen MR) is 80.9 cm³/mol. The molecule has 0 spiro atoms. The summed E-state index contributed by atoms with van der Waals surface area (Å²) in [7, 11) is -3.41. The first-order chi connectivity index (χ1) is 9.44. The number of nitriles is 1. The molecule has 4 nitrogen and oxygen atoms in total. The van der Waals surface area contributed by atoms with Gasteiger partial charge in [-0.3, -0.25) is 0 Å². The third-order valence-corrected chi connectivity index (χ3v) is 4.93. The summed E-state index contributed by atoms with van der Waals surface area (Å²) in [5, 5.41) is 9.50. The van der Waals surface area contributed by atoms with E-state index in [1.807, 2.05) is 19.9 Å². The Morgan fingerprint density at radius 1 is 1.25 bits per heavy atom. The zero-order valence-corrected chi connectivity index (χ0v) is 13.3. The Hall–Kier alpha value is -1.09. The van der Waals surface area contributed by atoms with Gasteiger partial charge in [0.15, 0.2) is 0 Å². The Bertz CT molecular complexity index is 588. The van der Waals surface area contributed by atoms with Crippen molar-refractivity contribution in [3.63, 3.8) is 0 Å². The standard InChI is InChI=1S/C14H19ClN2O2S/c1-3-7-17(8-4-2)20(18,19)11-12-5-6-14(15)9-13(12)10-16/h5-6,9H,3-4,7-8,11H2,1-2H3. The van der Waals surface area contributed by atoms with Gasteiger partial charge in [-0.2, -0.15) is 5.26 Å². The predicted octanol–water partition coefficient (Wildman–Crippen LogP) is 3.16. The molecular weight excluding hydrogens is 296 g/mol. The molecule has 0 atom stereocenters. The van der Waals surface area contributed by atoms with E-state index in [2.05, 4.69) is 0 Å². The van der Waals surface area contributed by atoms with E-state index >= 15 is 0 Å². The smallest absolute Gasteiger partial charge is 0.212 e. The first kappa shape index (κ1) is 17.0. The molecule has 0 heterocycles. The van der Waals surface area contributed by atoms with E-state index in [0.717, 1.165) is 12.8 Å². The van der Waals surface area contributed by atoms with E-state index in [4.69, 9.17) is 16.9 Å². The van der Waals surface area contributed by atoms with Crippen LogP contribution in [0, 0.1) is 11.3 Å². The molecule has 0 bridgehead atoms. The van der Waals surface area contributed by atoms with Gasteiger partial charge in [-0.15, -0.1) is 0 Å². The molecule has 0 saturated heterocycles. The van der Waals surface area contributed by atoms with Crippen LogP contribution in [0.15, 0.2) is 18.2 Å². The van der Waals surface area contributed by atoms with Crippen molar-refractivity contribution in [2.24, 2.45) is 0 Å². The number of halogens is 1. The van der Waals surface area contributed by atoms with Crippen LogP contribution < -0.4 is 0 Å². The average molecular weight is 315 g/mol. The van der Waals surface area contributed by atoms with E-state index in [9.17, 15) is 8.42 Å². The zero-order valence-electron chi connectivity index (χ0n) is 11.8. The van der Waals surface area contributed by atoms with Crippen molar-refractivity contribution in [2.75, 3.05) is 13.1 Å². The van der Waals surface area contributed by atoms with Crippen LogP contribution in [0.2, 0.25) is 5.02 Å². The van der Waals surface area contributed by atoms with Gasteiger partial charge < -0.3 is 0 Å². The highest BCUT2D eigenvalue weighted by Crippen LogP contribution is 2.19. The maximum atomic E-state index is 12.4. The van der Waals surface area contributed by atoms with Crippen LogP contribution in [0.4, 0.5) is 0 Å². The van der Waals surface area contributed by atoms with Gasteiger partial charge in [0.2, 0.25) is 10.0 Å². The summed E-state index contributed by atoms with van der Waals surface area (Å²) in [6, 6.07) is 6.70. The zero-order chi connectivity index (χ0) is 15.2. The van der Waals surface area contributed by atoms with Crippen LogP contribution in [0.3, 0.4) is 0 Å². The summed E-state index contributed by atoms with van der Waals surface area (Å²) in [5.41, 5.74) is 0.808. The highest BCUT2D eigenvalue weighted by atomic mass is 35.5. The lowest BCUT2D eigenvalue weighted by Crippen LogP contribution is -2.33. The van der Waals surface area contributed by atoms with E-state index in [-0.39, 0.29) is 5.75 Å². The second kappa shape index (κ2) is 7.63. The minimum atomic E-state index is -3.41. The van der Waals surface area contributed by atoms with Gasteiger partial charge in [0, 0.05) is 18.1 Å². The number of hydrogen-bond donors (Lipinski definition) is 0. The van der Waals surface area contributed by atoms with Gasteiger partial charge in [0.25, 0.3) is 0 Å². The third kappa shape index (κ3) is 4.48. The van der Waals surface area contributed by atoms with Crippen LogP contribution in [-0.4, -0.2) is 25.8 Å². The fourth-order valence-electron chi connectivity index (χ4n) is 1.96. The SMILES string of the molecule is CCCN(CCC)S(=O)(=O)Cc1ccc(Cl)cc1C#N. The van der Waals surface area contributed by atoms with Crippen LogP contribution in [0.5, 0.6) is 0 Å². The number of nitrogens with zero attached hydrogens (tertiary/aromatic N) is 2. The lowest BCUT2D eigenvalue weighted by Gasteiger charge is -2.21. The fourth-order valence-corrected chi connectivity index (χ4v) is 3.88. The minimum Gasteiger partial charge on any atom is -0.212 e. The van der Waals surface area contributed by atoms with Crippen molar-refractivity contribution in [1.29, 1.82) is 5.26 Å². The minimum absolute atomic E-state index is 0.160. The third-order valence-electron chi connectivity index (χ3n) is 2.87. The summed E-state index contributed by atoms with van der Waals surface area (Å²) < 4.78 is 26.3. The lowest BCUT2D eigenvalue weighted by molar-refractivity contribution is 0.409. The summed E-state index contributed by atoms with van der Waals surface area (Å²) in [4.78, 5) is 0. The molecule has 0 N–H and O–H groups in total. The maximum absolute atomic E-state index is 12.4. The Morgan fingerprint density at radius 3 is 2.35 bits per heavy atom. The number of benzene rings is 1. The molecular formula is C14H19ClN2O2S. The van der Waals surface area contributed by atoms with Crippen LogP contribution in [0.25, 0.3) is 0 Å². The van der Waals surface area contributed by atoms with Crippen LogP contribution in [0.1, 0.15) is 37.8 Å². The number of hydrogen-bond acceptors (Lipinski definition) is 3. The molecule has 20 heavy (non-hydrogen) atoms. The molecule has 0 aliphatic heterocycles. The Kier molecular flexibility index (Phi) is 6.47. The van der Waals surface area contributed by atoms with Gasteiger partial charge in [-0.05, 0) is 30.5 Å². The number of rotatable bonds is 7. The van der Waals surface area contributed by atoms with Crippen LogP contribution >= 0.6 is 11.6 Å². The summed E-state index contributed by atoms with van der Waals surface area (Å²) in [6.45, 7) is 4.90. The first-order valence-electron chi connectivity index (χ1n) is 6.61. The highest BCUT2D eigenvalue weighted by Gasteiger charge is 2.22. The van der Waals surface area contributed by atoms with Gasteiger partial charge in [0.05, 0.1) is 17.4 Å². The molecule has 0 fully saturated rings. The largest absolute Gasteiger partial charge is 0.218 e. The molecule has 0 unspecified atom stereocenters. The molecule has 6 heteroatoms. The van der Waals surface area contributed by atoms with Crippen molar-refractivity contribution in [1.82, 2.24) is 4.31 Å². The quantitative estimate of drug-likeness (QED) is 0.776. The molecule has 1 rings (SSSR count). The molecule has 0 aliphatic carbocycles. The Morgan fingerprint density at radius 2 is 1.85 bits per heavy atom. The molecule has 0 aliphatic rings.